The Kier molecular flexibility index (Phi) is 2.29. The third-order valence-electron chi connectivity index (χ3n) is 1.24. The summed E-state index contributed by atoms with van der Waals surface area (Å²) in [7, 11) is -3.07. The number of nitrogens with zero attached hydrogens (tertiary/aromatic N) is 1. The first-order valence-electron chi connectivity index (χ1n) is 3.21. The van der Waals surface area contributed by atoms with Crippen molar-refractivity contribution in [3.63, 3.8) is 0 Å². The molecule has 0 saturated carbocycles. The molecule has 0 fully saturated rings. The monoisotopic (exact) mass is 191 g/mol. The summed E-state index contributed by atoms with van der Waals surface area (Å²) in [5.74, 6) is 0.125. The van der Waals surface area contributed by atoms with Crippen LogP contribution in [-0.4, -0.2) is 19.2 Å². The minimum absolute atomic E-state index is 0.125. The fraction of sp³-hybridized carbons (Fsp3) is 0.500. The van der Waals surface area contributed by atoms with Crippen molar-refractivity contribution >= 4 is 21.2 Å². The number of sulfone groups is 1. The highest BCUT2D eigenvalue weighted by Crippen LogP contribution is 2.15. The highest BCUT2D eigenvalue weighted by Gasteiger charge is 2.14. The van der Waals surface area contributed by atoms with E-state index in [0.717, 1.165) is 5.69 Å². The van der Waals surface area contributed by atoms with Crippen LogP contribution in [0.25, 0.3) is 0 Å². The average Bonchev–Trinajstić information content (AvgIpc) is 2.36. The van der Waals surface area contributed by atoms with Gasteiger partial charge in [-0.3, -0.25) is 0 Å². The van der Waals surface area contributed by atoms with Crippen LogP contribution in [0, 0.1) is 6.92 Å². The number of hydrogen-bond acceptors (Lipinski definition) is 4. The highest BCUT2D eigenvalue weighted by atomic mass is 32.2. The van der Waals surface area contributed by atoms with Gasteiger partial charge in [0, 0.05) is 11.1 Å². The van der Waals surface area contributed by atoms with E-state index >= 15 is 0 Å². The van der Waals surface area contributed by atoms with Gasteiger partial charge >= 0.3 is 0 Å². The lowest BCUT2D eigenvalue weighted by atomic mass is 10.6. The Morgan fingerprint density at radius 1 is 1.64 bits per heavy atom. The molecule has 0 N–H and O–H groups in total. The summed E-state index contributed by atoms with van der Waals surface area (Å²) in [6.45, 7) is 3.40. The van der Waals surface area contributed by atoms with E-state index in [1.54, 1.807) is 19.2 Å². The van der Waals surface area contributed by atoms with E-state index in [1.807, 2.05) is 0 Å². The quantitative estimate of drug-likeness (QED) is 0.706. The molecule has 62 valence electrons. The normalized spacial score (nSPS) is 11.8. The molecule has 1 rings (SSSR count). The molecule has 1 aromatic rings. The minimum atomic E-state index is -3.07. The third kappa shape index (κ3) is 1.78. The Balaban J connectivity index is 3.13. The molecule has 0 aliphatic carbocycles. The van der Waals surface area contributed by atoms with Crippen molar-refractivity contribution in [2.75, 3.05) is 5.75 Å². The minimum Gasteiger partial charge on any atom is -0.231 e. The number of hydrogen-bond donors (Lipinski definition) is 0. The van der Waals surface area contributed by atoms with Crippen LogP contribution in [0.1, 0.15) is 12.6 Å². The van der Waals surface area contributed by atoms with Crippen LogP contribution in [0.4, 0.5) is 0 Å². The van der Waals surface area contributed by atoms with Crippen LogP contribution in [-0.2, 0) is 9.84 Å². The number of aryl methyl sites for hydroxylation is 1. The van der Waals surface area contributed by atoms with E-state index < -0.39 is 9.84 Å². The Hall–Kier alpha value is -0.420. The summed E-state index contributed by atoms with van der Waals surface area (Å²) in [6, 6.07) is 0. The first kappa shape index (κ1) is 8.67. The summed E-state index contributed by atoms with van der Waals surface area (Å²) in [5.41, 5.74) is 0.766. The third-order valence-corrected chi connectivity index (χ3v) is 4.43. The Labute approximate surface area is 70.0 Å². The van der Waals surface area contributed by atoms with Gasteiger partial charge in [-0.05, 0) is 6.92 Å². The molecule has 0 unspecified atom stereocenters. The number of aromatic nitrogens is 1. The first-order chi connectivity index (χ1) is 5.06. The fourth-order valence-corrected chi connectivity index (χ4v) is 2.73. The Morgan fingerprint density at radius 2 is 2.27 bits per heavy atom. The lowest BCUT2D eigenvalue weighted by molar-refractivity contribution is 0.596. The van der Waals surface area contributed by atoms with E-state index in [4.69, 9.17) is 0 Å². The average molecular weight is 191 g/mol. The maximum atomic E-state index is 11.2. The molecular formula is C6H9NO2S2. The SMILES string of the molecule is CCS(=O)(=O)c1nc(C)cs1. The number of thiazole rings is 1. The maximum Gasteiger partial charge on any atom is 0.209 e. The van der Waals surface area contributed by atoms with Crippen LogP contribution in [0.5, 0.6) is 0 Å². The van der Waals surface area contributed by atoms with Crippen molar-refractivity contribution in [3.05, 3.63) is 11.1 Å². The van der Waals surface area contributed by atoms with Crippen molar-refractivity contribution < 1.29 is 8.42 Å². The Bertz CT molecular complexity index is 339. The van der Waals surface area contributed by atoms with E-state index in [9.17, 15) is 8.42 Å². The van der Waals surface area contributed by atoms with Gasteiger partial charge in [-0.15, -0.1) is 11.3 Å². The van der Waals surface area contributed by atoms with Gasteiger partial charge in [-0.2, -0.15) is 0 Å². The molecule has 0 saturated heterocycles. The highest BCUT2D eigenvalue weighted by molar-refractivity contribution is 7.93. The van der Waals surface area contributed by atoms with Crippen LogP contribution in [0.3, 0.4) is 0 Å². The molecule has 0 radical (unpaired) electrons. The largest absolute Gasteiger partial charge is 0.231 e. The molecular weight excluding hydrogens is 182 g/mol. The summed E-state index contributed by atoms with van der Waals surface area (Å²) < 4.78 is 22.6. The Morgan fingerprint density at radius 3 is 2.64 bits per heavy atom. The zero-order valence-electron chi connectivity index (χ0n) is 6.36. The molecule has 5 heteroatoms. The first-order valence-corrected chi connectivity index (χ1v) is 5.74. The van der Waals surface area contributed by atoms with Crippen molar-refractivity contribution in [1.29, 1.82) is 0 Å². The molecule has 0 aliphatic rings. The molecule has 0 aliphatic heterocycles. The molecule has 1 heterocycles. The maximum absolute atomic E-state index is 11.2. The van der Waals surface area contributed by atoms with Gasteiger partial charge in [-0.1, -0.05) is 6.92 Å². The lowest BCUT2D eigenvalue weighted by Crippen LogP contribution is -2.02. The van der Waals surface area contributed by atoms with Gasteiger partial charge < -0.3 is 0 Å². The van der Waals surface area contributed by atoms with Gasteiger partial charge in [0.25, 0.3) is 0 Å². The van der Waals surface area contributed by atoms with Gasteiger partial charge in [-0.25, -0.2) is 13.4 Å². The lowest BCUT2D eigenvalue weighted by Gasteiger charge is -1.91. The summed E-state index contributed by atoms with van der Waals surface area (Å²) in [6.07, 6.45) is 0. The van der Waals surface area contributed by atoms with Crippen molar-refractivity contribution in [2.45, 2.75) is 18.2 Å². The molecule has 0 bridgehead atoms. The standard InChI is InChI=1S/C6H9NO2S2/c1-3-11(8,9)6-7-5(2)4-10-6/h4H,3H2,1-2H3. The van der Waals surface area contributed by atoms with Crippen LogP contribution >= 0.6 is 11.3 Å². The van der Waals surface area contributed by atoms with Gasteiger partial charge in [0.05, 0.1) is 5.75 Å². The van der Waals surface area contributed by atoms with Gasteiger partial charge in [0.2, 0.25) is 14.2 Å². The van der Waals surface area contributed by atoms with Crippen LogP contribution in [0.2, 0.25) is 0 Å². The zero-order chi connectivity index (χ0) is 8.48. The second kappa shape index (κ2) is 2.91. The summed E-state index contributed by atoms with van der Waals surface area (Å²) in [5, 5.41) is 1.74. The van der Waals surface area contributed by atoms with E-state index in [1.165, 1.54) is 11.3 Å². The molecule has 0 atom stereocenters. The van der Waals surface area contributed by atoms with Crippen molar-refractivity contribution in [2.24, 2.45) is 0 Å². The van der Waals surface area contributed by atoms with E-state index in [-0.39, 0.29) is 10.1 Å². The smallest absolute Gasteiger partial charge is 0.209 e. The van der Waals surface area contributed by atoms with Crippen LogP contribution < -0.4 is 0 Å². The fourth-order valence-electron chi connectivity index (χ4n) is 0.599. The molecule has 3 nitrogen and oxygen atoms in total. The summed E-state index contributed by atoms with van der Waals surface area (Å²) >= 11 is 1.18. The number of rotatable bonds is 2. The zero-order valence-corrected chi connectivity index (χ0v) is 8.00. The van der Waals surface area contributed by atoms with Gasteiger partial charge in [0.1, 0.15) is 0 Å². The molecule has 0 aromatic carbocycles. The van der Waals surface area contributed by atoms with Crippen LogP contribution in [0.15, 0.2) is 9.72 Å². The predicted molar refractivity (Wildman–Crippen MR) is 44.6 cm³/mol. The second-order valence-corrected chi connectivity index (χ2v) is 5.47. The molecule has 0 spiro atoms. The molecule has 11 heavy (non-hydrogen) atoms. The molecule has 1 aromatic heterocycles. The second-order valence-electron chi connectivity index (χ2n) is 2.16. The summed E-state index contributed by atoms with van der Waals surface area (Å²) in [4.78, 5) is 3.88. The van der Waals surface area contributed by atoms with Crippen molar-refractivity contribution in [1.82, 2.24) is 4.98 Å². The topological polar surface area (TPSA) is 47.0 Å². The van der Waals surface area contributed by atoms with Crippen molar-refractivity contribution in [3.8, 4) is 0 Å². The van der Waals surface area contributed by atoms with E-state index in [2.05, 4.69) is 4.98 Å². The predicted octanol–water partition coefficient (Wildman–Crippen LogP) is 1.25. The van der Waals surface area contributed by atoms with Gasteiger partial charge in [0.15, 0.2) is 0 Å². The van der Waals surface area contributed by atoms with E-state index in [0.29, 0.717) is 0 Å². The molecule has 0 amide bonds.